The Morgan fingerprint density at radius 3 is 2.59 bits per heavy atom. The van der Waals surface area contributed by atoms with Gasteiger partial charge in [-0.2, -0.15) is 0 Å². The van der Waals surface area contributed by atoms with E-state index in [2.05, 4.69) is 67.3 Å². The number of halogens is 1. The normalized spacial score (nSPS) is 26.2. The SMILES string of the molecule is CN=C(NCCCN1CCN(C)CC1c1ccccc1)N1CCC(N2CCOCC2)C1.I. The fourth-order valence-electron chi connectivity index (χ4n) is 5.21. The number of guanidine groups is 1. The minimum absolute atomic E-state index is 0. The van der Waals surface area contributed by atoms with Crippen molar-refractivity contribution >= 4 is 29.9 Å². The predicted molar refractivity (Wildman–Crippen MR) is 142 cm³/mol. The molecule has 8 heteroatoms. The smallest absolute Gasteiger partial charge is 0.193 e. The second-order valence-electron chi connectivity index (χ2n) is 9.09. The summed E-state index contributed by atoms with van der Waals surface area (Å²) in [5.41, 5.74) is 1.43. The van der Waals surface area contributed by atoms with Crippen LogP contribution in [0.1, 0.15) is 24.4 Å². The molecule has 3 fully saturated rings. The number of rotatable bonds is 6. The van der Waals surface area contributed by atoms with E-state index >= 15 is 0 Å². The lowest BCUT2D eigenvalue weighted by molar-refractivity contribution is 0.0195. The maximum Gasteiger partial charge on any atom is 0.193 e. The van der Waals surface area contributed by atoms with E-state index < -0.39 is 0 Å². The molecule has 1 N–H and O–H groups in total. The number of likely N-dealkylation sites (tertiary alicyclic amines) is 1. The largest absolute Gasteiger partial charge is 0.379 e. The molecule has 3 aliphatic rings. The highest BCUT2D eigenvalue weighted by Gasteiger charge is 2.30. The third kappa shape index (κ3) is 6.79. The monoisotopic (exact) mass is 556 g/mol. The number of morpholine rings is 1. The topological polar surface area (TPSA) is 46.6 Å². The first kappa shape index (κ1) is 25.7. The molecule has 3 heterocycles. The Kier molecular flexibility index (Phi) is 10.5. The van der Waals surface area contributed by atoms with Crippen molar-refractivity contribution in [3.8, 4) is 0 Å². The molecule has 0 radical (unpaired) electrons. The number of hydrogen-bond donors (Lipinski definition) is 1. The molecular weight excluding hydrogens is 515 g/mol. The highest BCUT2D eigenvalue weighted by Crippen LogP contribution is 2.24. The number of nitrogens with zero attached hydrogens (tertiary/aromatic N) is 5. The van der Waals surface area contributed by atoms with Crippen LogP contribution in [0.2, 0.25) is 0 Å². The van der Waals surface area contributed by atoms with E-state index in [0.717, 1.165) is 84.5 Å². The summed E-state index contributed by atoms with van der Waals surface area (Å²) < 4.78 is 5.51. The first-order valence-electron chi connectivity index (χ1n) is 12.0. The summed E-state index contributed by atoms with van der Waals surface area (Å²) in [6.07, 6.45) is 2.35. The lowest BCUT2D eigenvalue weighted by atomic mass is 10.0. The van der Waals surface area contributed by atoms with Crippen molar-refractivity contribution in [2.75, 3.05) is 86.2 Å². The van der Waals surface area contributed by atoms with E-state index in [1.807, 2.05) is 7.05 Å². The van der Waals surface area contributed by atoms with Gasteiger partial charge in [-0.05, 0) is 25.5 Å². The van der Waals surface area contributed by atoms with Gasteiger partial charge in [0.1, 0.15) is 0 Å². The summed E-state index contributed by atoms with van der Waals surface area (Å²) >= 11 is 0. The molecule has 0 saturated carbocycles. The van der Waals surface area contributed by atoms with Crippen LogP contribution in [-0.2, 0) is 4.74 Å². The van der Waals surface area contributed by atoms with E-state index in [0.29, 0.717) is 12.1 Å². The van der Waals surface area contributed by atoms with Gasteiger partial charge >= 0.3 is 0 Å². The third-order valence-electron chi connectivity index (χ3n) is 7.02. The van der Waals surface area contributed by atoms with Gasteiger partial charge in [-0.3, -0.25) is 14.8 Å². The number of benzene rings is 1. The fraction of sp³-hybridized carbons (Fsp3) is 0.708. The first-order valence-corrected chi connectivity index (χ1v) is 12.0. The molecule has 3 saturated heterocycles. The van der Waals surface area contributed by atoms with Crippen LogP contribution >= 0.6 is 24.0 Å². The molecule has 0 aromatic heterocycles. The van der Waals surface area contributed by atoms with Crippen LogP contribution in [0.3, 0.4) is 0 Å². The molecule has 1 aromatic carbocycles. The van der Waals surface area contributed by atoms with Crippen molar-refractivity contribution in [2.45, 2.75) is 24.9 Å². The average molecular weight is 557 g/mol. The fourth-order valence-corrected chi connectivity index (χ4v) is 5.21. The van der Waals surface area contributed by atoms with E-state index in [1.165, 1.54) is 12.0 Å². The molecule has 2 atom stereocenters. The van der Waals surface area contributed by atoms with Gasteiger partial charge in [-0.1, -0.05) is 30.3 Å². The Labute approximate surface area is 211 Å². The van der Waals surface area contributed by atoms with Gasteiger partial charge in [-0.15, -0.1) is 24.0 Å². The molecule has 0 amide bonds. The summed E-state index contributed by atoms with van der Waals surface area (Å²) in [7, 11) is 4.15. The second kappa shape index (κ2) is 13.1. The van der Waals surface area contributed by atoms with Crippen molar-refractivity contribution in [2.24, 2.45) is 4.99 Å². The maximum atomic E-state index is 5.51. The number of ether oxygens (including phenoxy) is 1. The average Bonchev–Trinajstić information content (AvgIpc) is 3.31. The van der Waals surface area contributed by atoms with Gasteiger partial charge in [0, 0.05) is 78.0 Å². The van der Waals surface area contributed by atoms with Gasteiger partial charge in [0.2, 0.25) is 0 Å². The third-order valence-corrected chi connectivity index (χ3v) is 7.02. The lowest BCUT2D eigenvalue weighted by Gasteiger charge is -2.40. The Morgan fingerprint density at radius 1 is 1.06 bits per heavy atom. The van der Waals surface area contributed by atoms with Crippen molar-refractivity contribution in [3.05, 3.63) is 35.9 Å². The van der Waals surface area contributed by atoms with Crippen LogP contribution in [0.4, 0.5) is 0 Å². The zero-order chi connectivity index (χ0) is 21.5. The zero-order valence-corrected chi connectivity index (χ0v) is 22.1. The predicted octanol–water partition coefficient (Wildman–Crippen LogP) is 1.97. The maximum absolute atomic E-state index is 5.51. The molecule has 0 aliphatic carbocycles. The van der Waals surface area contributed by atoms with Crippen molar-refractivity contribution < 1.29 is 4.74 Å². The van der Waals surface area contributed by atoms with E-state index in [-0.39, 0.29) is 24.0 Å². The summed E-state index contributed by atoms with van der Waals surface area (Å²) in [5.74, 6) is 1.06. The Hall–Kier alpha value is -0.940. The Balaban J connectivity index is 0.00000289. The molecule has 0 spiro atoms. The highest BCUT2D eigenvalue weighted by atomic mass is 127. The number of aliphatic imine (C=N–C) groups is 1. The molecule has 32 heavy (non-hydrogen) atoms. The quantitative estimate of drug-likeness (QED) is 0.250. The molecule has 0 bridgehead atoms. The van der Waals surface area contributed by atoms with Gasteiger partial charge in [-0.25, -0.2) is 0 Å². The summed E-state index contributed by atoms with van der Waals surface area (Å²) in [6, 6.07) is 12.1. The summed E-state index contributed by atoms with van der Waals surface area (Å²) in [5, 5.41) is 3.63. The molecule has 3 aliphatic heterocycles. The standard InChI is InChI=1S/C24H40N6O.HI/c1-25-24(30-12-9-22(19-30)28-15-17-31-18-16-28)26-10-6-11-29-14-13-27(2)20-23(29)21-7-4-3-5-8-21;/h3-5,7-8,22-23H,6,9-20H2,1-2H3,(H,25,26);1H. The van der Waals surface area contributed by atoms with E-state index in [4.69, 9.17) is 4.74 Å². The Bertz CT molecular complexity index is 699. The van der Waals surface area contributed by atoms with Gasteiger partial charge < -0.3 is 19.9 Å². The van der Waals surface area contributed by atoms with E-state index in [1.54, 1.807) is 0 Å². The molecule has 180 valence electrons. The number of nitrogens with one attached hydrogen (secondary N) is 1. The first-order chi connectivity index (χ1) is 15.2. The molecular formula is C24H41IN6O. The van der Waals surface area contributed by atoms with Crippen LogP contribution in [0.5, 0.6) is 0 Å². The second-order valence-corrected chi connectivity index (χ2v) is 9.09. The Morgan fingerprint density at radius 2 is 1.84 bits per heavy atom. The van der Waals surface area contributed by atoms with Crippen LogP contribution < -0.4 is 5.32 Å². The number of piperazine rings is 1. The minimum atomic E-state index is 0. The van der Waals surface area contributed by atoms with Gasteiger partial charge in [0.05, 0.1) is 13.2 Å². The number of likely N-dealkylation sites (N-methyl/N-ethyl adjacent to an activating group) is 1. The van der Waals surface area contributed by atoms with Crippen molar-refractivity contribution in [1.29, 1.82) is 0 Å². The zero-order valence-electron chi connectivity index (χ0n) is 19.8. The van der Waals surface area contributed by atoms with Crippen molar-refractivity contribution in [3.63, 3.8) is 0 Å². The van der Waals surface area contributed by atoms with Crippen LogP contribution in [0.15, 0.2) is 35.3 Å². The number of hydrogen-bond acceptors (Lipinski definition) is 5. The molecule has 4 rings (SSSR count). The minimum Gasteiger partial charge on any atom is -0.379 e. The van der Waals surface area contributed by atoms with Crippen molar-refractivity contribution in [1.82, 2.24) is 24.9 Å². The summed E-state index contributed by atoms with van der Waals surface area (Å²) in [6.45, 7) is 11.5. The molecule has 1 aromatic rings. The highest BCUT2D eigenvalue weighted by molar-refractivity contribution is 14.0. The van der Waals surface area contributed by atoms with Crippen LogP contribution in [0, 0.1) is 0 Å². The van der Waals surface area contributed by atoms with Crippen LogP contribution in [-0.4, -0.2) is 118 Å². The van der Waals surface area contributed by atoms with Crippen LogP contribution in [0.25, 0.3) is 0 Å². The van der Waals surface area contributed by atoms with Gasteiger partial charge in [0.25, 0.3) is 0 Å². The molecule has 7 nitrogen and oxygen atoms in total. The lowest BCUT2D eigenvalue weighted by Crippen LogP contribution is -2.48. The molecule has 2 unspecified atom stereocenters. The summed E-state index contributed by atoms with van der Waals surface area (Å²) in [4.78, 5) is 14.7. The van der Waals surface area contributed by atoms with E-state index in [9.17, 15) is 0 Å². The van der Waals surface area contributed by atoms with Gasteiger partial charge in [0.15, 0.2) is 5.96 Å².